The Morgan fingerprint density at radius 3 is 1.81 bits per heavy atom. The van der Waals surface area contributed by atoms with E-state index in [9.17, 15) is 13.2 Å². The maximum Gasteiger partial charge on any atom is 0.244 e. The zero-order valence-corrected chi connectivity index (χ0v) is 22.3. The van der Waals surface area contributed by atoms with Gasteiger partial charge in [-0.3, -0.25) is 4.79 Å². The highest BCUT2D eigenvalue weighted by molar-refractivity contribution is 7.89. The van der Waals surface area contributed by atoms with Crippen molar-refractivity contribution in [1.82, 2.24) is 4.31 Å². The van der Waals surface area contributed by atoms with E-state index in [1.807, 2.05) is 6.92 Å². The van der Waals surface area contributed by atoms with Gasteiger partial charge in [-0.05, 0) is 36.8 Å². The number of nitrogens with zero attached hydrogens (tertiary/aromatic N) is 1. The minimum Gasteiger partial charge on any atom is -0.496 e. The van der Waals surface area contributed by atoms with E-state index in [0.29, 0.717) is 45.4 Å². The fourth-order valence-electron chi connectivity index (χ4n) is 4.51. The molecule has 0 aliphatic carbocycles. The Labute approximate surface area is 216 Å². The quantitative estimate of drug-likeness (QED) is 0.433. The predicted octanol–water partition coefficient (Wildman–Crippen LogP) is 4.01. The van der Waals surface area contributed by atoms with Crippen LogP contribution in [0.4, 0.5) is 0 Å². The van der Waals surface area contributed by atoms with E-state index in [1.165, 1.54) is 52.0 Å². The van der Waals surface area contributed by atoms with Crippen LogP contribution in [0.25, 0.3) is 0 Å². The first-order valence-electron chi connectivity index (χ1n) is 11.4. The average molecular weight is 528 g/mol. The molecular formula is C27H29NO8S. The van der Waals surface area contributed by atoms with E-state index < -0.39 is 22.6 Å². The van der Waals surface area contributed by atoms with Gasteiger partial charge in [-0.2, -0.15) is 4.31 Å². The molecule has 0 aromatic heterocycles. The number of hydrogen-bond donors (Lipinski definition) is 0. The zero-order chi connectivity index (χ0) is 26.9. The van der Waals surface area contributed by atoms with Crippen LogP contribution in [0.3, 0.4) is 0 Å². The van der Waals surface area contributed by atoms with E-state index in [2.05, 4.69) is 0 Å². The number of aryl methyl sites for hydroxylation is 1. The second kappa shape index (κ2) is 10.3. The molecule has 10 heteroatoms. The Balaban J connectivity index is 2.07. The first-order valence-corrected chi connectivity index (χ1v) is 12.8. The summed E-state index contributed by atoms with van der Waals surface area (Å²) in [6.45, 7) is 1.47. The molecule has 0 bridgehead atoms. The topological polar surface area (TPSA) is 101 Å². The molecule has 9 nitrogen and oxygen atoms in total. The van der Waals surface area contributed by atoms with E-state index >= 15 is 0 Å². The normalized spacial score (nSPS) is 15.6. The maximum atomic E-state index is 14.0. The fourth-order valence-corrected chi connectivity index (χ4v) is 6.04. The van der Waals surface area contributed by atoms with Gasteiger partial charge in [-0.25, -0.2) is 8.42 Å². The van der Waals surface area contributed by atoms with E-state index in [1.54, 1.807) is 36.4 Å². The van der Waals surface area contributed by atoms with Crippen LogP contribution in [0.1, 0.15) is 33.1 Å². The molecule has 0 saturated heterocycles. The van der Waals surface area contributed by atoms with E-state index in [-0.39, 0.29) is 10.7 Å². The molecule has 0 unspecified atom stereocenters. The van der Waals surface area contributed by atoms with Crippen LogP contribution in [0.5, 0.6) is 28.7 Å². The van der Waals surface area contributed by atoms with Crippen molar-refractivity contribution >= 4 is 15.8 Å². The summed E-state index contributed by atoms with van der Waals surface area (Å²) >= 11 is 0. The predicted molar refractivity (Wildman–Crippen MR) is 137 cm³/mol. The number of rotatable bonds is 8. The third kappa shape index (κ3) is 4.58. The number of hydrogen-bond acceptors (Lipinski definition) is 8. The monoisotopic (exact) mass is 527 g/mol. The summed E-state index contributed by atoms with van der Waals surface area (Å²) in [5.41, 5.74) is 2.05. The van der Waals surface area contributed by atoms with Gasteiger partial charge in [0, 0.05) is 17.7 Å². The molecule has 1 aliphatic heterocycles. The van der Waals surface area contributed by atoms with Gasteiger partial charge < -0.3 is 23.7 Å². The summed E-state index contributed by atoms with van der Waals surface area (Å²) in [7, 11) is 3.24. The molecule has 0 amide bonds. The Kier molecular flexibility index (Phi) is 7.33. The molecular weight excluding hydrogens is 498 g/mol. The van der Waals surface area contributed by atoms with Crippen LogP contribution < -0.4 is 23.7 Å². The second-order valence-electron chi connectivity index (χ2n) is 8.43. The molecule has 1 heterocycles. The zero-order valence-electron chi connectivity index (χ0n) is 21.5. The van der Waals surface area contributed by atoms with Gasteiger partial charge in [0.2, 0.25) is 10.0 Å². The lowest BCUT2D eigenvalue weighted by Gasteiger charge is -2.37. The van der Waals surface area contributed by atoms with Crippen molar-refractivity contribution in [1.29, 1.82) is 0 Å². The van der Waals surface area contributed by atoms with Crippen molar-refractivity contribution in [3.63, 3.8) is 0 Å². The first kappa shape index (κ1) is 26.3. The molecule has 0 N–H and O–H groups in total. The number of benzene rings is 3. The molecule has 1 atom stereocenters. The van der Waals surface area contributed by atoms with Crippen LogP contribution in [0.2, 0.25) is 0 Å². The summed E-state index contributed by atoms with van der Waals surface area (Å²) in [6, 6.07) is 12.0. The number of carbonyl (C=O) groups excluding carboxylic acids is 1. The Morgan fingerprint density at radius 2 is 1.30 bits per heavy atom. The molecule has 0 fully saturated rings. The minimum atomic E-state index is -4.15. The standard InChI is InChI=1S/C27H29NO8S/c1-16-7-9-18(10-8-16)37(30,31)28-15-21(29)19-13-22(33-3)23(34-4)14-20(19)27(28)26-24(35-5)11-17(32-2)12-25(26)36-6/h7-14,27H,15H2,1-6H3/t27-/m0/s1. The molecule has 1 aliphatic rings. The molecule has 3 aromatic rings. The van der Waals surface area contributed by atoms with Crippen molar-refractivity contribution in [3.05, 3.63) is 70.8 Å². The summed E-state index contributed by atoms with van der Waals surface area (Å²) in [4.78, 5) is 13.5. The first-order chi connectivity index (χ1) is 17.7. The number of Topliss-reactive ketones (excluding diaryl/α,β-unsaturated/α-hetero) is 1. The van der Waals surface area contributed by atoms with Crippen LogP contribution in [0.15, 0.2) is 53.4 Å². The van der Waals surface area contributed by atoms with Gasteiger partial charge in [-0.15, -0.1) is 0 Å². The molecule has 37 heavy (non-hydrogen) atoms. The highest BCUT2D eigenvalue weighted by Gasteiger charge is 2.44. The van der Waals surface area contributed by atoms with Crippen LogP contribution in [0, 0.1) is 6.92 Å². The number of carbonyl (C=O) groups is 1. The van der Waals surface area contributed by atoms with Crippen molar-refractivity contribution in [2.24, 2.45) is 0 Å². The van der Waals surface area contributed by atoms with Crippen molar-refractivity contribution < 1.29 is 36.9 Å². The number of fused-ring (bicyclic) bond motifs is 1. The molecule has 0 radical (unpaired) electrons. The van der Waals surface area contributed by atoms with Gasteiger partial charge >= 0.3 is 0 Å². The molecule has 3 aromatic carbocycles. The van der Waals surface area contributed by atoms with Crippen LogP contribution in [-0.2, 0) is 10.0 Å². The van der Waals surface area contributed by atoms with Gasteiger partial charge in [0.1, 0.15) is 17.2 Å². The SMILES string of the molecule is COc1cc(OC)c([C@@H]2c3cc(OC)c(OC)cc3C(=O)CN2S(=O)(=O)c2ccc(C)cc2)c(OC)c1. The molecule has 0 spiro atoms. The highest BCUT2D eigenvalue weighted by Crippen LogP contribution is 2.49. The van der Waals surface area contributed by atoms with Crippen molar-refractivity contribution in [2.45, 2.75) is 17.9 Å². The van der Waals surface area contributed by atoms with Gasteiger partial charge in [0.05, 0.1) is 58.6 Å². The summed E-state index contributed by atoms with van der Waals surface area (Å²) in [5, 5.41) is 0. The second-order valence-corrected chi connectivity index (χ2v) is 10.3. The van der Waals surface area contributed by atoms with E-state index in [4.69, 9.17) is 23.7 Å². The lowest BCUT2D eigenvalue weighted by Crippen LogP contribution is -2.43. The van der Waals surface area contributed by atoms with Gasteiger partial charge in [-0.1, -0.05) is 17.7 Å². The lowest BCUT2D eigenvalue weighted by atomic mass is 9.87. The van der Waals surface area contributed by atoms with E-state index in [0.717, 1.165) is 5.56 Å². The largest absolute Gasteiger partial charge is 0.496 e. The van der Waals surface area contributed by atoms with Crippen molar-refractivity contribution in [2.75, 3.05) is 42.1 Å². The lowest BCUT2D eigenvalue weighted by molar-refractivity contribution is 0.0937. The average Bonchev–Trinajstić information content (AvgIpc) is 2.91. The third-order valence-corrected chi connectivity index (χ3v) is 8.22. The number of sulfonamides is 1. The Morgan fingerprint density at radius 1 is 0.757 bits per heavy atom. The summed E-state index contributed by atoms with van der Waals surface area (Å²) < 4.78 is 56.9. The number of ketones is 1. The maximum absolute atomic E-state index is 14.0. The third-order valence-electron chi connectivity index (χ3n) is 6.39. The summed E-state index contributed by atoms with van der Waals surface area (Å²) in [5.74, 6) is 1.46. The highest BCUT2D eigenvalue weighted by atomic mass is 32.2. The molecule has 0 saturated carbocycles. The van der Waals surface area contributed by atoms with Crippen LogP contribution >= 0.6 is 0 Å². The summed E-state index contributed by atoms with van der Waals surface area (Å²) in [6.07, 6.45) is 0. The smallest absolute Gasteiger partial charge is 0.244 e. The van der Waals surface area contributed by atoms with Gasteiger partial charge in [0.15, 0.2) is 17.3 Å². The van der Waals surface area contributed by atoms with Crippen LogP contribution in [-0.4, -0.2) is 60.6 Å². The molecule has 196 valence electrons. The van der Waals surface area contributed by atoms with Gasteiger partial charge in [0.25, 0.3) is 0 Å². The Hall–Kier alpha value is -3.76. The minimum absolute atomic E-state index is 0.0614. The Bertz CT molecular complexity index is 1410. The molecule has 4 rings (SSSR count). The number of ether oxygens (including phenoxy) is 5. The van der Waals surface area contributed by atoms with Crippen molar-refractivity contribution in [3.8, 4) is 28.7 Å². The number of methoxy groups -OCH3 is 5. The fraction of sp³-hybridized carbons (Fsp3) is 0.296.